The maximum atomic E-state index is 12.1. The minimum atomic E-state index is -1.95. The predicted molar refractivity (Wildman–Crippen MR) is 70.8 cm³/mol. The molecule has 0 aromatic carbocycles. The van der Waals surface area contributed by atoms with Crippen LogP contribution < -0.4 is 0 Å². The van der Waals surface area contributed by atoms with E-state index in [2.05, 4.69) is 0 Å². The molecule has 1 heterocycles. The van der Waals surface area contributed by atoms with Crippen LogP contribution in [-0.2, 0) is 4.79 Å². The van der Waals surface area contributed by atoms with Gasteiger partial charge in [-0.3, -0.25) is 4.79 Å². The van der Waals surface area contributed by atoms with Crippen LogP contribution in [0, 0.1) is 6.92 Å². The number of alkyl halides is 2. The molecule has 0 aliphatic heterocycles. The van der Waals surface area contributed by atoms with Gasteiger partial charge in [-0.1, -0.05) is 23.2 Å². The number of amides is 1. The molecule has 6 heteroatoms. The highest BCUT2D eigenvalue weighted by molar-refractivity contribution is 6.58. The van der Waals surface area contributed by atoms with Gasteiger partial charge in [0.2, 0.25) is 4.33 Å². The second-order valence-corrected chi connectivity index (χ2v) is 5.34. The van der Waals surface area contributed by atoms with Gasteiger partial charge in [0.15, 0.2) is 6.10 Å². The summed E-state index contributed by atoms with van der Waals surface area (Å²) in [6, 6.07) is 3.22. The number of rotatable bonds is 5. The Balaban J connectivity index is 2.94. The topological polar surface area (TPSA) is 53.7 Å². The Morgan fingerprint density at radius 2 is 2.00 bits per heavy atom. The minimum absolute atomic E-state index is 0.179. The number of carbonyl (C=O) groups is 1. The zero-order valence-electron chi connectivity index (χ0n) is 10.6. The Kier molecular flexibility index (Phi) is 5.08. The van der Waals surface area contributed by atoms with E-state index in [9.17, 15) is 9.90 Å². The van der Waals surface area contributed by atoms with Gasteiger partial charge in [-0.15, -0.1) is 0 Å². The van der Waals surface area contributed by atoms with Crippen LogP contribution in [-0.4, -0.2) is 33.3 Å². The molecule has 0 radical (unpaired) electrons. The molecule has 0 fully saturated rings. The third-order valence-electron chi connectivity index (χ3n) is 2.71. The van der Waals surface area contributed by atoms with E-state index in [-0.39, 0.29) is 5.76 Å². The number of nitrogens with zero attached hydrogens (tertiary/aromatic N) is 1. The molecule has 0 bridgehead atoms. The van der Waals surface area contributed by atoms with Crippen molar-refractivity contribution in [1.29, 1.82) is 0 Å². The summed E-state index contributed by atoms with van der Waals surface area (Å²) in [5.74, 6) is 0.263. The second-order valence-electron chi connectivity index (χ2n) is 3.95. The van der Waals surface area contributed by atoms with Crippen LogP contribution >= 0.6 is 23.2 Å². The minimum Gasteiger partial charge on any atom is -0.463 e. The van der Waals surface area contributed by atoms with Crippen LogP contribution in [0.2, 0.25) is 0 Å². The molecule has 102 valence electrons. The molecule has 0 saturated carbocycles. The number of hydrogen-bond donors (Lipinski definition) is 1. The van der Waals surface area contributed by atoms with Crippen LogP contribution in [0.3, 0.4) is 0 Å². The van der Waals surface area contributed by atoms with Crippen LogP contribution in [0.15, 0.2) is 16.5 Å². The molecule has 18 heavy (non-hydrogen) atoms. The van der Waals surface area contributed by atoms with E-state index in [0.717, 1.165) is 0 Å². The first kappa shape index (κ1) is 15.3. The summed E-state index contributed by atoms with van der Waals surface area (Å²) in [6.45, 7) is 6.30. The fourth-order valence-corrected chi connectivity index (χ4v) is 2.07. The van der Waals surface area contributed by atoms with Crippen LogP contribution in [0.1, 0.15) is 31.5 Å². The quantitative estimate of drug-likeness (QED) is 0.849. The first-order valence-electron chi connectivity index (χ1n) is 5.76. The van der Waals surface area contributed by atoms with E-state index >= 15 is 0 Å². The average Bonchev–Trinajstić information content (AvgIpc) is 2.76. The predicted octanol–water partition coefficient (Wildman–Crippen LogP) is 2.66. The second kappa shape index (κ2) is 5.95. The molecule has 1 amide bonds. The van der Waals surface area contributed by atoms with E-state index in [4.69, 9.17) is 27.6 Å². The number of aliphatic hydroxyl groups is 1. The number of carbonyl (C=O) groups excluding carboxylic acids is 1. The first-order valence-corrected chi connectivity index (χ1v) is 6.51. The van der Waals surface area contributed by atoms with Crippen molar-refractivity contribution < 1.29 is 14.3 Å². The highest BCUT2D eigenvalue weighted by Crippen LogP contribution is 2.38. The van der Waals surface area contributed by atoms with E-state index in [1.54, 1.807) is 19.1 Å². The number of furan rings is 1. The number of aryl methyl sites for hydroxylation is 1. The number of hydrogen-bond acceptors (Lipinski definition) is 3. The summed E-state index contributed by atoms with van der Waals surface area (Å²) >= 11 is 12.0. The lowest BCUT2D eigenvalue weighted by Crippen LogP contribution is -2.45. The van der Waals surface area contributed by atoms with Gasteiger partial charge in [0, 0.05) is 13.1 Å². The maximum Gasteiger partial charge on any atom is 0.262 e. The van der Waals surface area contributed by atoms with Crippen LogP contribution in [0.5, 0.6) is 0 Å². The van der Waals surface area contributed by atoms with Gasteiger partial charge < -0.3 is 14.4 Å². The normalized spacial score (nSPS) is 13.4. The van der Waals surface area contributed by atoms with Crippen molar-refractivity contribution in [2.75, 3.05) is 13.1 Å². The zero-order chi connectivity index (χ0) is 13.9. The average molecular weight is 294 g/mol. The standard InChI is InChI=1S/C12H17Cl2NO3/c1-4-15(5-2)11(17)12(13,14)10(16)9-7-6-8(3)18-9/h6-7,10,16H,4-5H2,1-3H3. The monoisotopic (exact) mass is 293 g/mol. The van der Waals surface area contributed by atoms with Gasteiger partial charge in [-0.05, 0) is 32.9 Å². The van der Waals surface area contributed by atoms with Gasteiger partial charge in [0.25, 0.3) is 5.91 Å². The van der Waals surface area contributed by atoms with E-state index in [1.807, 2.05) is 13.8 Å². The Bertz CT molecular complexity index is 413. The highest BCUT2D eigenvalue weighted by atomic mass is 35.5. The Morgan fingerprint density at radius 3 is 2.39 bits per heavy atom. The third kappa shape index (κ3) is 2.99. The summed E-state index contributed by atoms with van der Waals surface area (Å²) in [4.78, 5) is 13.6. The lowest BCUT2D eigenvalue weighted by Gasteiger charge is -2.29. The SMILES string of the molecule is CCN(CC)C(=O)C(Cl)(Cl)C(O)c1ccc(C)o1. The molecule has 1 aromatic rings. The summed E-state index contributed by atoms with van der Waals surface area (Å²) < 4.78 is 3.29. The smallest absolute Gasteiger partial charge is 0.262 e. The molecule has 1 atom stereocenters. The largest absolute Gasteiger partial charge is 0.463 e. The fourth-order valence-electron chi connectivity index (χ4n) is 1.62. The molecular weight excluding hydrogens is 277 g/mol. The van der Waals surface area contributed by atoms with Gasteiger partial charge in [0.1, 0.15) is 11.5 Å². The fraction of sp³-hybridized carbons (Fsp3) is 0.583. The van der Waals surface area contributed by atoms with Crippen LogP contribution in [0.25, 0.3) is 0 Å². The van der Waals surface area contributed by atoms with E-state index in [1.165, 1.54) is 4.90 Å². The van der Waals surface area contributed by atoms with Crippen molar-refractivity contribution in [3.05, 3.63) is 23.7 Å². The molecular formula is C12H17Cl2NO3. The van der Waals surface area contributed by atoms with Gasteiger partial charge in [-0.2, -0.15) is 0 Å². The number of halogens is 2. The van der Waals surface area contributed by atoms with Gasteiger partial charge in [0.05, 0.1) is 0 Å². The Morgan fingerprint density at radius 1 is 1.44 bits per heavy atom. The van der Waals surface area contributed by atoms with Crippen LogP contribution in [0.4, 0.5) is 0 Å². The summed E-state index contributed by atoms with van der Waals surface area (Å²) in [5, 5.41) is 10.1. The van der Waals surface area contributed by atoms with Crippen molar-refractivity contribution in [3.8, 4) is 0 Å². The van der Waals surface area contributed by atoms with Crippen molar-refractivity contribution in [1.82, 2.24) is 4.90 Å². The summed E-state index contributed by atoms with van der Waals surface area (Å²) in [7, 11) is 0. The van der Waals surface area contributed by atoms with Crippen molar-refractivity contribution in [3.63, 3.8) is 0 Å². The lowest BCUT2D eigenvalue weighted by molar-refractivity contribution is -0.134. The molecule has 0 aliphatic rings. The number of aliphatic hydroxyl groups excluding tert-OH is 1. The maximum absolute atomic E-state index is 12.1. The highest BCUT2D eigenvalue weighted by Gasteiger charge is 2.45. The molecule has 1 aromatic heterocycles. The van der Waals surface area contributed by atoms with Crippen molar-refractivity contribution in [2.24, 2.45) is 0 Å². The van der Waals surface area contributed by atoms with E-state index in [0.29, 0.717) is 18.8 Å². The molecule has 1 N–H and O–H groups in total. The van der Waals surface area contributed by atoms with Crippen molar-refractivity contribution >= 4 is 29.1 Å². The lowest BCUT2D eigenvalue weighted by atomic mass is 10.1. The van der Waals surface area contributed by atoms with Gasteiger partial charge in [-0.25, -0.2) is 0 Å². The van der Waals surface area contributed by atoms with Crippen molar-refractivity contribution in [2.45, 2.75) is 31.2 Å². The molecule has 4 nitrogen and oxygen atoms in total. The van der Waals surface area contributed by atoms with E-state index < -0.39 is 16.3 Å². The molecule has 0 aliphatic carbocycles. The Labute approximate surface area is 116 Å². The Hall–Kier alpha value is -0.710. The molecule has 1 unspecified atom stereocenters. The third-order valence-corrected chi connectivity index (χ3v) is 3.45. The zero-order valence-corrected chi connectivity index (χ0v) is 12.1. The first-order chi connectivity index (χ1) is 8.34. The summed E-state index contributed by atoms with van der Waals surface area (Å²) in [5.41, 5.74) is 0. The molecule has 0 spiro atoms. The summed E-state index contributed by atoms with van der Waals surface area (Å²) in [6.07, 6.45) is -1.40. The molecule has 0 saturated heterocycles. The molecule has 1 rings (SSSR count). The van der Waals surface area contributed by atoms with Gasteiger partial charge >= 0.3 is 0 Å².